The molecule has 0 aliphatic carbocycles. The lowest BCUT2D eigenvalue weighted by molar-refractivity contribution is -0.143. The highest BCUT2D eigenvalue weighted by atomic mass is 16.2. The van der Waals surface area contributed by atoms with Crippen molar-refractivity contribution in [1.29, 1.82) is 0 Å². The lowest BCUT2D eigenvalue weighted by Crippen LogP contribution is -2.59. The van der Waals surface area contributed by atoms with Crippen LogP contribution in [0.1, 0.15) is 18.9 Å². The van der Waals surface area contributed by atoms with Crippen LogP contribution >= 0.6 is 0 Å². The average molecular weight is 262 g/mol. The van der Waals surface area contributed by atoms with E-state index in [1.54, 1.807) is 6.20 Å². The van der Waals surface area contributed by atoms with Crippen LogP contribution in [0.5, 0.6) is 0 Å². The van der Waals surface area contributed by atoms with Crippen LogP contribution in [0.3, 0.4) is 0 Å². The molecule has 1 aliphatic heterocycles. The fourth-order valence-electron chi connectivity index (χ4n) is 2.71. The van der Waals surface area contributed by atoms with Gasteiger partial charge in [-0.1, -0.05) is 6.07 Å². The van der Waals surface area contributed by atoms with E-state index in [1.807, 2.05) is 30.3 Å². The molecule has 0 radical (unpaired) electrons. The average Bonchev–Trinajstić information content (AvgIpc) is 2.41. The number of pyridine rings is 1. The Balaban J connectivity index is 2.17. The maximum Gasteiger partial charge on any atom is 0.239 e. The standard InChI is InChI=1S/C14H22N4O/c1-11-9-17(2)14(19)13(5-6-15)18(11)10-12-4-3-7-16-8-12/h3-4,7-8,11,13H,5-6,9-10,15H2,1-2H3. The number of aromatic nitrogens is 1. The zero-order chi connectivity index (χ0) is 13.8. The molecule has 1 aliphatic rings. The third-order valence-electron chi connectivity index (χ3n) is 3.69. The van der Waals surface area contributed by atoms with Gasteiger partial charge in [0.1, 0.15) is 0 Å². The normalized spacial score (nSPS) is 24.8. The molecule has 0 aromatic carbocycles. The molecule has 5 nitrogen and oxygen atoms in total. The Morgan fingerprint density at radius 1 is 1.53 bits per heavy atom. The quantitative estimate of drug-likeness (QED) is 0.856. The Morgan fingerprint density at radius 2 is 2.32 bits per heavy atom. The van der Waals surface area contributed by atoms with E-state index in [2.05, 4.69) is 16.8 Å². The minimum Gasteiger partial charge on any atom is -0.343 e. The number of rotatable bonds is 4. The molecule has 1 aromatic rings. The highest BCUT2D eigenvalue weighted by Gasteiger charge is 2.36. The Bertz CT molecular complexity index is 423. The van der Waals surface area contributed by atoms with Crippen molar-refractivity contribution >= 4 is 5.91 Å². The van der Waals surface area contributed by atoms with Crippen molar-refractivity contribution in [2.75, 3.05) is 20.1 Å². The zero-order valence-corrected chi connectivity index (χ0v) is 11.6. The molecule has 2 heterocycles. The van der Waals surface area contributed by atoms with Crippen molar-refractivity contribution in [3.63, 3.8) is 0 Å². The van der Waals surface area contributed by atoms with E-state index in [4.69, 9.17) is 5.73 Å². The molecule has 1 amide bonds. The molecule has 0 bridgehead atoms. The second kappa shape index (κ2) is 6.12. The fraction of sp³-hybridized carbons (Fsp3) is 0.571. The van der Waals surface area contributed by atoms with Gasteiger partial charge in [-0.15, -0.1) is 0 Å². The van der Waals surface area contributed by atoms with E-state index in [1.165, 1.54) is 0 Å². The number of likely N-dealkylation sites (N-methyl/N-ethyl adjacent to an activating group) is 1. The molecule has 19 heavy (non-hydrogen) atoms. The SMILES string of the molecule is CC1CN(C)C(=O)C(CCN)N1Cc1cccnc1. The summed E-state index contributed by atoms with van der Waals surface area (Å²) in [7, 11) is 1.86. The van der Waals surface area contributed by atoms with Gasteiger partial charge in [0, 0.05) is 38.6 Å². The summed E-state index contributed by atoms with van der Waals surface area (Å²) in [6.45, 7) is 4.20. The van der Waals surface area contributed by atoms with Crippen molar-refractivity contribution in [3.8, 4) is 0 Å². The van der Waals surface area contributed by atoms with Crippen molar-refractivity contribution in [3.05, 3.63) is 30.1 Å². The summed E-state index contributed by atoms with van der Waals surface area (Å²) in [5.41, 5.74) is 6.79. The minimum absolute atomic E-state index is 0.112. The number of hydrogen-bond acceptors (Lipinski definition) is 4. The summed E-state index contributed by atoms with van der Waals surface area (Å²) in [6, 6.07) is 4.19. The maximum atomic E-state index is 12.3. The van der Waals surface area contributed by atoms with E-state index < -0.39 is 0 Å². The summed E-state index contributed by atoms with van der Waals surface area (Å²) in [5.74, 6) is 0.174. The van der Waals surface area contributed by atoms with Crippen LogP contribution in [-0.2, 0) is 11.3 Å². The molecule has 0 saturated carbocycles. The van der Waals surface area contributed by atoms with Gasteiger partial charge in [-0.3, -0.25) is 14.7 Å². The first-order valence-electron chi connectivity index (χ1n) is 6.73. The van der Waals surface area contributed by atoms with Crippen LogP contribution in [0.2, 0.25) is 0 Å². The predicted octanol–water partition coefficient (Wildman–Crippen LogP) is 0.462. The summed E-state index contributed by atoms with van der Waals surface area (Å²) in [6.07, 6.45) is 4.32. The number of hydrogen-bond donors (Lipinski definition) is 1. The van der Waals surface area contributed by atoms with E-state index in [-0.39, 0.29) is 11.9 Å². The number of piperazine rings is 1. The molecule has 1 aromatic heterocycles. The van der Waals surface area contributed by atoms with Gasteiger partial charge in [-0.05, 0) is 31.5 Å². The third-order valence-corrected chi connectivity index (χ3v) is 3.69. The molecule has 0 spiro atoms. The molecule has 1 fully saturated rings. The predicted molar refractivity (Wildman–Crippen MR) is 74.3 cm³/mol. The van der Waals surface area contributed by atoms with Crippen LogP contribution < -0.4 is 5.73 Å². The van der Waals surface area contributed by atoms with Gasteiger partial charge in [-0.25, -0.2) is 0 Å². The number of nitrogens with two attached hydrogens (primary N) is 1. The lowest BCUT2D eigenvalue weighted by Gasteiger charge is -2.43. The Labute approximate surface area is 114 Å². The second-order valence-electron chi connectivity index (χ2n) is 5.19. The third kappa shape index (κ3) is 3.11. The van der Waals surface area contributed by atoms with Gasteiger partial charge in [-0.2, -0.15) is 0 Å². The first-order chi connectivity index (χ1) is 9.13. The second-order valence-corrected chi connectivity index (χ2v) is 5.19. The van der Waals surface area contributed by atoms with Gasteiger partial charge in [0.15, 0.2) is 0 Å². The minimum atomic E-state index is -0.112. The molecular weight excluding hydrogens is 240 g/mol. The summed E-state index contributed by atoms with van der Waals surface area (Å²) in [4.78, 5) is 20.5. The number of carbonyl (C=O) groups excluding carboxylic acids is 1. The first kappa shape index (κ1) is 14.0. The summed E-state index contributed by atoms with van der Waals surface area (Å²) < 4.78 is 0. The van der Waals surface area contributed by atoms with E-state index in [0.717, 1.165) is 18.7 Å². The zero-order valence-electron chi connectivity index (χ0n) is 11.6. The molecule has 104 valence electrons. The van der Waals surface area contributed by atoms with Crippen molar-refractivity contribution in [2.45, 2.75) is 32.0 Å². The monoisotopic (exact) mass is 262 g/mol. The van der Waals surface area contributed by atoms with Crippen molar-refractivity contribution in [2.24, 2.45) is 5.73 Å². The summed E-state index contributed by atoms with van der Waals surface area (Å²) in [5, 5.41) is 0. The van der Waals surface area contributed by atoms with Crippen LogP contribution in [-0.4, -0.2) is 52.9 Å². The molecule has 5 heteroatoms. The Morgan fingerprint density at radius 3 is 2.95 bits per heavy atom. The summed E-state index contributed by atoms with van der Waals surface area (Å²) >= 11 is 0. The Hall–Kier alpha value is -1.46. The molecular formula is C14H22N4O. The number of amides is 1. The van der Waals surface area contributed by atoms with Gasteiger partial charge in [0.25, 0.3) is 0 Å². The topological polar surface area (TPSA) is 62.5 Å². The van der Waals surface area contributed by atoms with Crippen LogP contribution in [0.15, 0.2) is 24.5 Å². The van der Waals surface area contributed by atoms with E-state index >= 15 is 0 Å². The number of nitrogens with zero attached hydrogens (tertiary/aromatic N) is 3. The highest BCUT2D eigenvalue weighted by molar-refractivity contribution is 5.82. The Kier molecular flexibility index (Phi) is 4.50. The molecule has 2 unspecified atom stereocenters. The lowest BCUT2D eigenvalue weighted by atomic mass is 10.0. The molecule has 1 saturated heterocycles. The number of carbonyl (C=O) groups is 1. The van der Waals surface area contributed by atoms with Crippen molar-refractivity contribution in [1.82, 2.24) is 14.8 Å². The van der Waals surface area contributed by atoms with Crippen LogP contribution in [0.4, 0.5) is 0 Å². The fourth-order valence-corrected chi connectivity index (χ4v) is 2.71. The van der Waals surface area contributed by atoms with Gasteiger partial charge in [0.05, 0.1) is 6.04 Å². The van der Waals surface area contributed by atoms with Crippen LogP contribution in [0.25, 0.3) is 0 Å². The largest absolute Gasteiger partial charge is 0.343 e. The van der Waals surface area contributed by atoms with E-state index in [9.17, 15) is 4.79 Å². The molecule has 2 rings (SSSR count). The smallest absolute Gasteiger partial charge is 0.239 e. The van der Waals surface area contributed by atoms with Gasteiger partial charge < -0.3 is 10.6 Å². The molecule has 2 atom stereocenters. The highest BCUT2D eigenvalue weighted by Crippen LogP contribution is 2.20. The van der Waals surface area contributed by atoms with E-state index in [0.29, 0.717) is 19.0 Å². The van der Waals surface area contributed by atoms with Crippen molar-refractivity contribution < 1.29 is 4.79 Å². The maximum absolute atomic E-state index is 12.3. The first-order valence-corrected chi connectivity index (χ1v) is 6.73. The van der Waals surface area contributed by atoms with Gasteiger partial charge >= 0.3 is 0 Å². The molecule has 2 N–H and O–H groups in total. The van der Waals surface area contributed by atoms with Gasteiger partial charge in [0.2, 0.25) is 5.91 Å². The van der Waals surface area contributed by atoms with Crippen LogP contribution in [0, 0.1) is 0 Å².